The van der Waals surface area contributed by atoms with Crippen molar-refractivity contribution in [3.63, 3.8) is 0 Å². The van der Waals surface area contributed by atoms with Crippen molar-refractivity contribution in [3.05, 3.63) is 11.3 Å². The highest BCUT2D eigenvalue weighted by atomic mass is 16.5. The maximum Gasteiger partial charge on any atom is 0.337 e. The van der Waals surface area contributed by atoms with Gasteiger partial charge in [-0.2, -0.15) is 0 Å². The third-order valence-corrected chi connectivity index (χ3v) is 4.76. The van der Waals surface area contributed by atoms with E-state index in [1.54, 1.807) is 6.92 Å². The third-order valence-electron chi connectivity index (χ3n) is 4.76. The number of amides is 2. The Labute approximate surface area is 131 Å². The minimum Gasteiger partial charge on any atom is -0.463 e. The summed E-state index contributed by atoms with van der Waals surface area (Å²) in [7, 11) is 0. The van der Waals surface area contributed by atoms with E-state index in [-0.39, 0.29) is 18.5 Å². The lowest BCUT2D eigenvalue weighted by atomic mass is 10.1. The molecule has 1 atom stereocenters. The van der Waals surface area contributed by atoms with Gasteiger partial charge < -0.3 is 15.4 Å². The summed E-state index contributed by atoms with van der Waals surface area (Å²) in [4.78, 5) is 26.2. The number of hydrogen-bond acceptors (Lipinski definition) is 4. The monoisotopic (exact) mass is 307 g/mol. The fourth-order valence-corrected chi connectivity index (χ4v) is 3.12. The Bertz CT molecular complexity index is 495. The summed E-state index contributed by atoms with van der Waals surface area (Å²) in [6, 6.07) is 0.867. The average Bonchev–Trinajstić information content (AvgIpc) is 3.38. The zero-order valence-electron chi connectivity index (χ0n) is 13.4. The van der Waals surface area contributed by atoms with Crippen LogP contribution in [0.3, 0.4) is 0 Å². The molecule has 122 valence electrons. The summed E-state index contributed by atoms with van der Waals surface area (Å²) in [6.45, 7) is 5.27. The molecule has 2 aliphatic carbocycles. The molecule has 3 rings (SSSR count). The van der Waals surface area contributed by atoms with E-state index in [1.165, 1.54) is 25.7 Å². The molecule has 2 fully saturated rings. The van der Waals surface area contributed by atoms with Gasteiger partial charge in [0.15, 0.2) is 0 Å². The molecule has 2 N–H and O–H groups in total. The van der Waals surface area contributed by atoms with E-state index < -0.39 is 0 Å². The predicted molar refractivity (Wildman–Crippen MR) is 82.1 cm³/mol. The maximum atomic E-state index is 12.1. The van der Waals surface area contributed by atoms with E-state index in [0.717, 1.165) is 5.92 Å². The van der Waals surface area contributed by atoms with Crippen LogP contribution in [0, 0.1) is 5.92 Å². The molecule has 0 saturated heterocycles. The van der Waals surface area contributed by atoms with Crippen LogP contribution in [0.2, 0.25) is 0 Å². The van der Waals surface area contributed by atoms with Crippen molar-refractivity contribution in [3.8, 4) is 0 Å². The van der Waals surface area contributed by atoms with E-state index in [4.69, 9.17) is 4.74 Å². The van der Waals surface area contributed by atoms with Crippen LogP contribution in [0.5, 0.6) is 0 Å². The molecule has 1 aliphatic heterocycles. The normalized spacial score (nSPS) is 23.1. The molecule has 22 heavy (non-hydrogen) atoms. The van der Waals surface area contributed by atoms with Crippen LogP contribution in [-0.2, 0) is 9.53 Å². The van der Waals surface area contributed by atoms with E-state index in [0.29, 0.717) is 36.5 Å². The minimum absolute atomic E-state index is 0.238. The number of carbonyl (C=O) groups is 2. The van der Waals surface area contributed by atoms with Crippen LogP contribution in [0.15, 0.2) is 11.3 Å². The van der Waals surface area contributed by atoms with E-state index in [9.17, 15) is 9.59 Å². The molecule has 0 unspecified atom stereocenters. The highest BCUT2D eigenvalue weighted by Crippen LogP contribution is 2.40. The molecule has 6 nitrogen and oxygen atoms in total. The maximum absolute atomic E-state index is 12.1. The van der Waals surface area contributed by atoms with Gasteiger partial charge in [0.2, 0.25) is 0 Å². The number of urea groups is 1. The number of ether oxygens (including phenoxy) is 1. The molecular weight excluding hydrogens is 282 g/mol. The number of carbonyl (C=O) groups excluding carboxylic acids is 2. The summed E-state index contributed by atoms with van der Waals surface area (Å²) in [5.74, 6) is 0.435. The SMILES string of the molecule is CCOC(=O)C1=C(CN(C2CC2)[C@H](C)C2CC2)NC(=O)NC1. The Morgan fingerprint density at radius 3 is 2.68 bits per heavy atom. The number of esters is 1. The molecular formula is C16H25N3O3. The second-order valence-electron chi connectivity index (χ2n) is 6.47. The summed E-state index contributed by atoms with van der Waals surface area (Å²) in [5, 5.41) is 5.48. The van der Waals surface area contributed by atoms with Gasteiger partial charge in [-0.3, -0.25) is 4.90 Å². The quantitative estimate of drug-likeness (QED) is 0.697. The molecule has 2 amide bonds. The number of rotatable bonds is 7. The minimum atomic E-state index is -0.333. The molecule has 0 aromatic rings. The van der Waals surface area contributed by atoms with E-state index in [2.05, 4.69) is 22.5 Å². The number of hydrogen-bond donors (Lipinski definition) is 2. The molecule has 2 saturated carbocycles. The van der Waals surface area contributed by atoms with E-state index >= 15 is 0 Å². The number of nitrogens with zero attached hydrogens (tertiary/aromatic N) is 1. The summed E-state index contributed by atoms with van der Waals surface area (Å²) in [6.07, 6.45) is 5.01. The van der Waals surface area contributed by atoms with Gasteiger partial charge in [-0.1, -0.05) is 0 Å². The van der Waals surface area contributed by atoms with Gasteiger partial charge in [-0.25, -0.2) is 9.59 Å². The van der Waals surface area contributed by atoms with Gasteiger partial charge in [0.05, 0.1) is 18.7 Å². The number of nitrogens with one attached hydrogen (secondary N) is 2. The predicted octanol–water partition coefficient (Wildman–Crippen LogP) is 1.38. The third kappa shape index (κ3) is 3.43. The summed E-state index contributed by atoms with van der Waals surface area (Å²) >= 11 is 0. The molecule has 6 heteroatoms. The van der Waals surface area contributed by atoms with Gasteiger partial charge in [-0.05, 0) is 45.4 Å². The second-order valence-corrected chi connectivity index (χ2v) is 6.47. The fraction of sp³-hybridized carbons (Fsp3) is 0.750. The van der Waals surface area contributed by atoms with Crippen molar-refractivity contribution in [2.45, 2.75) is 51.6 Å². The Balaban J connectivity index is 1.77. The van der Waals surface area contributed by atoms with Gasteiger partial charge in [0.1, 0.15) is 0 Å². The van der Waals surface area contributed by atoms with Crippen LogP contribution in [0.4, 0.5) is 4.79 Å². The zero-order valence-corrected chi connectivity index (χ0v) is 13.4. The topological polar surface area (TPSA) is 70.7 Å². The van der Waals surface area contributed by atoms with Crippen molar-refractivity contribution in [2.75, 3.05) is 19.7 Å². The fourth-order valence-electron chi connectivity index (χ4n) is 3.12. The molecule has 3 aliphatic rings. The standard InChI is InChI=1S/C16H25N3O3/c1-3-22-15(20)13-8-17-16(21)18-14(13)9-19(12-6-7-12)10(2)11-4-5-11/h10-12H,3-9H2,1-2H3,(H2,17,18,21)/t10-/m1/s1. The van der Waals surface area contributed by atoms with Crippen molar-refractivity contribution < 1.29 is 14.3 Å². The van der Waals surface area contributed by atoms with Gasteiger partial charge in [0, 0.05) is 24.3 Å². The van der Waals surface area contributed by atoms with Crippen LogP contribution < -0.4 is 10.6 Å². The molecule has 0 aromatic heterocycles. The van der Waals surface area contributed by atoms with Crippen molar-refractivity contribution in [1.82, 2.24) is 15.5 Å². The lowest BCUT2D eigenvalue weighted by Crippen LogP contribution is -2.48. The smallest absolute Gasteiger partial charge is 0.337 e. The highest BCUT2D eigenvalue weighted by molar-refractivity contribution is 5.93. The van der Waals surface area contributed by atoms with Crippen LogP contribution >= 0.6 is 0 Å². The first kappa shape index (κ1) is 15.3. The largest absolute Gasteiger partial charge is 0.463 e. The lowest BCUT2D eigenvalue weighted by Gasteiger charge is -2.32. The molecule has 0 spiro atoms. The zero-order chi connectivity index (χ0) is 15.7. The first-order chi connectivity index (χ1) is 10.6. The van der Waals surface area contributed by atoms with Gasteiger partial charge in [0.25, 0.3) is 0 Å². The Kier molecular flexibility index (Phi) is 4.38. The summed E-state index contributed by atoms with van der Waals surface area (Å²) in [5.41, 5.74) is 1.26. The van der Waals surface area contributed by atoms with Gasteiger partial charge >= 0.3 is 12.0 Å². The first-order valence-corrected chi connectivity index (χ1v) is 8.30. The molecule has 0 aromatic carbocycles. The molecule has 0 radical (unpaired) electrons. The second kappa shape index (κ2) is 6.28. The van der Waals surface area contributed by atoms with Crippen molar-refractivity contribution >= 4 is 12.0 Å². The lowest BCUT2D eigenvalue weighted by molar-refractivity contribution is -0.138. The first-order valence-electron chi connectivity index (χ1n) is 8.30. The average molecular weight is 307 g/mol. The van der Waals surface area contributed by atoms with Gasteiger partial charge in [-0.15, -0.1) is 0 Å². The van der Waals surface area contributed by atoms with Crippen LogP contribution in [0.25, 0.3) is 0 Å². The Morgan fingerprint density at radius 1 is 1.36 bits per heavy atom. The summed E-state index contributed by atoms with van der Waals surface area (Å²) < 4.78 is 5.12. The molecule has 1 heterocycles. The highest BCUT2D eigenvalue weighted by Gasteiger charge is 2.40. The van der Waals surface area contributed by atoms with Crippen LogP contribution in [-0.4, -0.2) is 48.7 Å². The molecule has 0 bridgehead atoms. The Morgan fingerprint density at radius 2 is 2.09 bits per heavy atom. The Hall–Kier alpha value is -1.56. The van der Waals surface area contributed by atoms with E-state index in [1.807, 2.05) is 0 Å². The van der Waals surface area contributed by atoms with Crippen LogP contribution in [0.1, 0.15) is 39.5 Å². The van der Waals surface area contributed by atoms with Crippen molar-refractivity contribution in [2.24, 2.45) is 5.92 Å². The van der Waals surface area contributed by atoms with Crippen molar-refractivity contribution in [1.29, 1.82) is 0 Å².